The molecule has 1 aliphatic rings. The quantitative estimate of drug-likeness (QED) is 0.593. The number of alkyl halides is 3. The van der Waals surface area contributed by atoms with Crippen molar-refractivity contribution in [1.82, 2.24) is 0 Å². The van der Waals surface area contributed by atoms with Gasteiger partial charge in [-0.05, 0) is 54.6 Å². The lowest BCUT2D eigenvalue weighted by atomic mass is 10.1. The lowest BCUT2D eigenvalue weighted by Gasteiger charge is -2.33. The summed E-state index contributed by atoms with van der Waals surface area (Å²) in [4.78, 5) is 15.5. The first-order valence-corrected chi connectivity index (χ1v) is 10.8. The van der Waals surface area contributed by atoms with Crippen molar-refractivity contribution in [3.8, 4) is 11.5 Å². The van der Waals surface area contributed by atoms with Crippen LogP contribution in [0.15, 0.2) is 78.9 Å². The summed E-state index contributed by atoms with van der Waals surface area (Å²) in [6.45, 7) is 2.84. The molecule has 3 aromatic carbocycles. The molecule has 33 heavy (non-hydrogen) atoms. The van der Waals surface area contributed by atoms with E-state index in [9.17, 15) is 18.0 Å². The van der Waals surface area contributed by atoms with Crippen LogP contribution in [0.5, 0.6) is 11.5 Å². The van der Waals surface area contributed by atoms with Crippen molar-refractivity contribution in [3.05, 3.63) is 84.4 Å². The summed E-state index contributed by atoms with van der Waals surface area (Å²) in [5.41, 5.74) is 0.600. The van der Waals surface area contributed by atoms with E-state index in [0.717, 1.165) is 16.7 Å². The number of hydrogen-bond donors (Lipinski definition) is 2. The smallest absolute Gasteiger partial charge is 0.416 e. The predicted molar refractivity (Wildman–Crippen MR) is 121 cm³/mol. The van der Waals surface area contributed by atoms with Gasteiger partial charge in [-0.25, -0.2) is 0 Å². The number of ether oxygens (including phenoxy) is 1. The number of amides is 1. The highest BCUT2D eigenvalue weighted by molar-refractivity contribution is 5.91. The molecule has 4 rings (SSSR count). The summed E-state index contributed by atoms with van der Waals surface area (Å²) in [7, 11) is 0. The number of piperazine rings is 1. The molecular weight excluding hydrogens is 431 g/mol. The van der Waals surface area contributed by atoms with E-state index in [1.54, 1.807) is 30.3 Å². The largest absolute Gasteiger partial charge is 0.457 e. The number of para-hydroxylation sites is 1. The lowest BCUT2D eigenvalue weighted by molar-refractivity contribution is -0.892. The fourth-order valence-electron chi connectivity index (χ4n) is 3.80. The molecule has 2 N–H and O–H groups in total. The van der Waals surface area contributed by atoms with Crippen LogP contribution in [0.4, 0.5) is 24.5 Å². The fraction of sp³-hybridized carbons (Fsp3) is 0.240. The normalized spacial score (nSPS) is 14.7. The summed E-state index contributed by atoms with van der Waals surface area (Å²) >= 11 is 0. The number of rotatable bonds is 6. The topological polar surface area (TPSA) is 46.0 Å². The molecule has 3 aromatic rings. The van der Waals surface area contributed by atoms with Gasteiger partial charge in [0.25, 0.3) is 5.91 Å². The summed E-state index contributed by atoms with van der Waals surface area (Å²) in [5.74, 6) is 1.31. The molecule has 1 aliphatic heterocycles. The molecule has 0 spiro atoms. The first-order chi connectivity index (χ1) is 15.9. The molecule has 1 amide bonds. The average Bonchev–Trinajstić information content (AvgIpc) is 2.81. The third kappa shape index (κ3) is 6.26. The van der Waals surface area contributed by atoms with E-state index in [-0.39, 0.29) is 5.91 Å². The number of benzene rings is 3. The molecule has 0 radical (unpaired) electrons. The molecule has 1 heterocycles. The highest BCUT2D eigenvalue weighted by atomic mass is 19.4. The molecular formula is C25H25F3N3O2+. The first-order valence-electron chi connectivity index (χ1n) is 10.8. The van der Waals surface area contributed by atoms with Crippen molar-refractivity contribution < 1.29 is 27.6 Å². The van der Waals surface area contributed by atoms with E-state index in [1.165, 1.54) is 12.1 Å². The molecule has 5 nitrogen and oxygen atoms in total. The molecule has 0 aliphatic carbocycles. The third-order valence-corrected chi connectivity index (χ3v) is 5.54. The number of carbonyl (C=O) groups is 1. The Kier molecular flexibility index (Phi) is 6.84. The maximum atomic E-state index is 13.0. The van der Waals surface area contributed by atoms with Gasteiger partial charge in [-0.3, -0.25) is 4.79 Å². The summed E-state index contributed by atoms with van der Waals surface area (Å²) < 4.78 is 44.6. The highest BCUT2D eigenvalue weighted by Gasteiger charge is 2.31. The number of quaternary nitrogens is 1. The summed E-state index contributed by atoms with van der Waals surface area (Å²) in [6.07, 6.45) is -4.35. The van der Waals surface area contributed by atoms with Crippen molar-refractivity contribution in [3.63, 3.8) is 0 Å². The number of nitrogens with zero attached hydrogens (tertiary/aromatic N) is 1. The summed E-state index contributed by atoms with van der Waals surface area (Å²) in [6, 6.07) is 22.0. The van der Waals surface area contributed by atoms with Crippen LogP contribution in [0.2, 0.25) is 0 Å². The van der Waals surface area contributed by atoms with Gasteiger partial charge in [0.2, 0.25) is 0 Å². The zero-order chi connectivity index (χ0) is 23.3. The third-order valence-electron chi connectivity index (χ3n) is 5.54. The molecule has 0 unspecified atom stereocenters. The van der Waals surface area contributed by atoms with Crippen LogP contribution >= 0.6 is 0 Å². The minimum absolute atomic E-state index is 0.103. The Morgan fingerprint density at radius 3 is 2.24 bits per heavy atom. The average molecular weight is 456 g/mol. The molecule has 1 saturated heterocycles. The second kappa shape index (κ2) is 9.95. The van der Waals surface area contributed by atoms with Gasteiger partial charge in [-0.15, -0.1) is 0 Å². The number of carbonyl (C=O) groups excluding carboxylic acids is 1. The maximum absolute atomic E-state index is 13.0. The van der Waals surface area contributed by atoms with Crippen LogP contribution in [-0.4, -0.2) is 38.6 Å². The Bertz CT molecular complexity index is 1060. The van der Waals surface area contributed by atoms with Gasteiger partial charge in [0, 0.05) is 11.4 Å². The summed E-state index contributed by atoms with van der Waals surface area (Å²) in [5, 5.41) is 2.89. The Hall–Kier alpha value is -3.52. The van der Waals surface area contributed by atoms with Crippen LogP contribution in [-0.2, 0) is 11.0 Å². The number of hydrogen-bond acceptors (Lipinski definition) is 3. The highest BCUT2D eigenvalue weighted by Crippen LogP contribution is 2.31. The molecule has 0 bridgehead atoms. The maximum Gasteiger partial charge on any atom is 0.416 e. The second-order valence-corrected chi connectivity index (χ2v) is 7.95. The van der Waals surface area contributed by atoms with E-state index in [4.69, 9.17) is 4.74 Å². The molecule has 172 valence electrons. The molecule has 8 heteroatoms. The van der Waals surface area contributed by atoms with Gasteiger partial charge in [0.05, 0.1) is 31.7 Å². The molecule has 0 aromatic heterocycles. The molecule has 0 atom stereocenters. The second-order valence-electron chi connectivity index (χ2n) is 7.95. The predicted octanol–water partition coefficient (Wildman–Crippen LogP) is 3.84. The Balaban J connectivity index is 1.25. The van der Waals surface area contributed by atoms with Crippen LogP contribution in [0.3, 0.4) is 0 Å². The molecule has 1 fully saturated rings. The van der Waals surface area contributed by atoms with Gasteiger partial charge in [0.15, 0.2) is 6.54 Å². The monoisotopic (exact) mass is 456 g/mol. The SMILES string of the molecule is O=C(C[NH+]1CCN(c2cccc(C(F)(F)F)c2)CC1)Nc1ccc(Oc2ccccc2)cc1. The Morgan fingerprint density at radius 1 is 0.909 bits per heavy atom. The van der Waals surface area contributed by atoms with Gasteiger partial charge in [-0.2, -0.15) is 13.2 Å². The van der Waals surface area contributed by atoms with Gasteiger partial charge in [0.1, 0.15) is 11.5 Å². The van der Waals surface area contributed by atoms with Gasteiger partial charge in [-0.1, -0.05) is 24.3 Å². The minimum atomic E-state index is -4.35. The lowest BCUT2D eigenvalue weighted by Crippen LogP contribution is -3.15. The van der Waals surface area contributed by atoms with Crippen molar-refractivity contribution in [2.45, 2.75) is 6.18 Å². The number of anilines is 2. The van der Waals surface area contributed by atoms with Crippen molar-refractivity contribution in [1.29, 1.82) is 0 Å². The van der Waals surface area contributed by atoms with Crippen molar-refractivity contribution in [2.75, 3.05) is 42.9 Å². The van der Waals surface area contributed by atoms with Crippen LogP contribution in [0, 0.1) is 0 Å². The van der Waals surface area contributed by atoms with Gasteiger partial charge >= 0.3 is 6.18 Å². The van der Waals surface area contributed by atoms with Crippen LogP contribution in [0.25, 0.3) is 0 Å². The zero-order valence-electron chi connectivity index (χ0n) is 17.9. The van der Waals surface area contributed by atoms with Crippen LogP contribution in [0.1, 0.15) is 5.56 Å². The van der Waals surface area contributed by atoms with Crippen LogP contribution < -0.4 is 19.9 Å². The van der Waals surface area contributed by atoms with E-state index < -0.39 is 11.7 Å². The number of nitrogens with one attached hydrogen (secondary N) is 2. The van der Waals surface area contributed by atoms with Crippen molar-refractivity contribution >= 4 is 17.3 Å². The minimum Gasteiger partial charge on any atom is -0.457 e. The molecule has 0 saturated carbocycles. The number of halogens is 3. The Morgan fingerprint density at radius 2 is 1.58 bits per heavy atom. The Labute approximate surface area is 190 Å². The zero-order valence-corrected chi connectivity index (χ0v) is 17.9. The van der Waals surface area contributed by atoms with Gasteiger partial charge < -0.3 is 19.9 Å². The van der Waals surface area contributed by atoms with E-state index in [2.05, 4.69) is 5.32 Å². The first kappa shape index (κ1) is 22.7. The van der Waals surface area contributed by atoms with E-state index in [1.807, 2.05) is 35.2 Å². The fourth-order valence-corrected chi connectivity index (χ4v) is 3.80. The van der Waals surface area contributed by atoms with E-state index >= 15 is 0 Å². The standard InChI is InChI=1S/C25H24F3N3O2/c26-25(27,28)19-5-4-6-21(17-19)31-15-13-30(14-16-31)18-24(32)29-20-9-11-23(12-10-20)33-22-7-2-1-3-8-22/h1-12,17H,13-16,18H2,(H,29,32)/p+1. The van der Waals surface area contributed by atoms with Crippen molar-refractivity contribution in [2.24, 2.45) is 0 Å². The van der Waals surface area contributed by atoms with E-state index in [0.29, 0.717) is 49.8 Å².